The summed E-state index contributed by atoms with van der Waals surface area (Å²) in [7, 11) is 1.91. The molecule has 2 nitrogen and oxygen atoms in total. The number of para-hydroxylation sites is 1. The largest absolute Gasteiger partial charge is 0.359 e. The van der Waals surface area contributed by atoms with E-state index < -0.39 is 0 Å². The van der Waals surface area contributed by atoms with Crippen molar-refractivity contribution in [2.45, 2.75) is 6.42 Å². The highest BCUT2D eigenvalue weighted by Gasteiger charge is 2.05. The van der Waals surface area contributed by atoms with Crippen LogP contribution in [0.2, 0.25) is 0 Å². The zero-order valence-electron chi connectivity index (χ0n) is 8.10. The molecule has 0 fully saturated rings. The molecule has 1 aromatic heterocycles. The third-order valence-electron chi connectivity index (χ3n) is 2.39. The zero-order valence-corrected chi connectivity index (χ0v) is 8.10. The highest BCUT2D eigenvalue weighted by molar-refractivity contribution is 5.83. The maximum Gasteiger partial charge on any atom is 0.147 e. The van der Waals surface area contributed by atoms with Gasteiger partial charge in [-0.3, -0.25) is 0 Å². The molecule has 1 aromatic carbocycles. The van der Waals surface area contributed by atoms with E-state index in [0.717, 1.165) is 23.9 Å². The maximum atomic E-state index is 13.3. The molecule has 14 heavy (non-hydrogen) atoms. The van der Waals surface area contributed by atoms with Crippen LogP contribution in [0.15, 0.2) is 24.4 Å². The number of halogens is 1. The molecule has 2 rings (SSSR count). The number of benzene rings is 1. The molecule has 2 N–H and O–H groups in total. The summed E-state index contributed by atoms with van der Waals surface area (Å²) >= 11 is 0. The van der Waals surface area contributed by atoms with E-state index in [1.807, 2.05) is 19.3 Å². The third kappa shape index (κ3) is 1.51. The molecule has 0 spiro atoms. The van der Waals surface area contributed by atoms with Gasteiger partial charge < -0.3 is 10.3 Å². The van der Waals surface area contributed by atoms with E-state index >= 15 is 0 Å². The van der Waals surface area contributed by atoms with E-state index in [-0.39, 0.29) is 5.82 Å². The average molecular weight is 192 g/mol. The van der Waals surface area contributed by atoms with Crippen molar-refractivity contribution in [2.24, 2.45) is 0 Å². The normalized spacial score (nSPS) is 11.0. The van der Waals surface area contributed by atoms with Crippen molar-refractivity contribution in [2.75, 3.05) is 13.6 Å². The molecule has 0 aliphatic rings. The van der Waals surface area contributed by atoms with Crippen LogP contribution in [0.4, 0.5) is 4.39 Å². The molecule has 3 heteroatoms. The molecule has 0 aliphatic heterocycles. The molecule has 74 valence electrons. The number of rotatable bonds is 3. The topological polar surface area (TPSA) is 27.8 Å². The van der Waals surface area contributed by atoms with E-state index in [1.54, 1.807) is 6.07 Å². The lowest BCUT2D eigenvalue weighted by molar-refractivity contribution is 0.637. The van der Waals surface area contributed by atoms with Gasteiger partial charge in [0.15, 0.2) is 0 Å². The number of hydrogen-bond donors (Lipinski definition) is 2. The second-order valence-corrected chi connectivity index (χ2v) is 3.33. The van der Waals surface area contributed by atoms with Gasteiger partial charge in [0.1, 0.15) is 5.82 Å². The van der Waals surface area contributed by atoms with Gasteiger partial charge in [0.05, 0.1) is 5.52 Å². The highest BCUT2D eigenvalue weighted by atomic mass is 19.1. The first-order valence-electron chi connectivity index (χ1n) is 4.72. The van der Waals surface area contributed by atoms with Gasteiger partial charge in [0, 0.05) is 11.6 Å². The molecular formula is C11H13FN2. The molecule has 1 heterocycles. The molecule has 0 amide bonds. The fourth-order valence-corrected chi connectivity index (χ4v) is 1.64. The van der Waals surface area contributed by atoms with Crippen molar-refractivity contribution in [3.63, 3.8) is 0 Å². The Balaban J connectivity index is 2.42. The molecule has 0 unspecified atom stereocenters. The molecular weight excluding hydrogens is 179 g/mol. The Morgan fingerprint density at radius 2 is 2.29 bits per heavy atom. The summed E-state index contributed by atoms with van der Waals surface area (Å²) in [4.78, 5) is 2.96. The first-order valence-corrected chi connectivity index (χ1v) is 4.72. The second-order valence-electron chi connectivity index (χ2n) is 3.33. The molecule has 0 saturated carbocycles. The number of H-pyrrole nitrogens is 1. The lowest BCUT2D eigenvalue weighted by Crippen LogP contribution is -2.09. The fourth-order valence-electron chi connectivity index (χ4n) is 1.64. The van der Waals surface area contributed by atoms with Crippen molar-refractivity contribution in [3.05, 3.63) is 35.8 Å². The van der Waals surface area contributed by atoms with E-state index in [9.17, 15) is 4.39 Å². The van der Waals surface area contributed by atoms with Crippen molar-refractivity contribution in [1.82, 2.24) is 10.3 Å². The number of fused-ring (bicyclic) bond motifs is 1. The summed E-state index contributed by atoms with van der Waals surface area (Å²) in [5.41, 5.74) is 1.77. The van der Waals surface area contributed by atoms with Gasteiger partial charge in [-0.25, -0.2) is 4.39 Å². The lowest BCUT2D eigenvalue weighted by Gasteiger charge is -1.98. The molecule has 2 aromatic rings. The minimum atomic E-state index is -0.182. The number of likely N-dealkylation sites (N-methyl/N-ethyl adjacent to an activating group) is 1. The molecule has 0 bridgehead atoms. The minimum Gasteiger partial charge on any atom is -0.359 e. The molecule has 0 atom stereocenters. The van der Waals surface area contributed by atoms with Gasteiger partial charge in [-0.05, 0) is 31.6 Å². The first kappa shape index (κ1) is 9.21. The van der Waals surface area contributed by atoms with Crippen LogP contribution in [0.25, 0.3) is 10.9 Å². The van der Waals surface area contributed by atoms with E-state index in [2.05, 4.69) is 10.3 Å². The number of hydrogen-bond acceptors (Lipinski definition) is 1. The van der Waals surface area contributed by atoms with Crippen LogP contribution in [0.1, 0.15) is 5.56 Å². The van der Waals surface area contributed by atoms with E-state index in [1.165, 1.54) is 6.07 Å². The summed E-state index contributed by atoms with van der Waals surface area (Å²) in [6.07, 6.45) is 2.80. The Hall–Kier alpha value is -1.35. The van der Waals surface area contributed by atoms with Crippen molar-refractivity contribution in [1.29, 1.82) is 0 Å². The number of aromatic nitrogens is 1. The van der Waals surface area contributed by atoms with Gasteiger partial charge in [-0.15, -0.1) is 0 Å². The first-order chi connectivity index (χ1) is 6.83. The van der Waals surface area contributed by atoms with Gasteiger partial charge in [-0.2, -0.15) is 0 Å². The Morgan fingerprint density at radius 1 is 1.43 bits per heavy atom. The van der Waals surface area contributed by atoms with E-state index in [4.69, 9.17) is 0 Å². The molecule has 0 saturated heterocycles. The number of aromatic amines is 1. The van der Waals surface area contributed by atoms with Crippen molar-refractivity contribution < 1.29 is 4.39 Å². The standard InChI is InChI=1S/C11H13FN2/c1-13-6-5-8-7-14-11-9(8)3-2-4-10(11)12/h2-4,7,13-14H,5-6H2,1H3. The predicted octanol–water partition coefficient (Wildman–Crippen LogP) is 2.07. The Labute approximate surface area is 82.1 Å². The smallest absolute Gasteiger partial charge is 0.147 e. The van der Waals surface area contributed by atoms with Crippen LogP contribution in [0.3, 0.4) is 0 Å². The maximum absolute atomic E-state index is 13.3. The monoisotopic (exact) mass is 192 g/mol. The zero-order chi connectivity index (χ0) is 9.97. The third-order valence-corrected chi connectivity index (χ3v) is 2.39. The summed E-state index contributed by atoms with van der Waals surface area (Å²) in [5, 5.41) is 4.06. The van der Waals surface area contributed by atoms with Crippen LogP contribution in [-0.4, -0.2) is 18.6 Å². The minimum absolute atomic E-state index is 0.182. The molecule has 0 aliphatic carbocycles. The quantitative estimate of drug-likeness (QED) is 0.765. The number of nitrogens with one attached hydrogen (secondary N) is 2. The van der Waals surface area contributed by atoms with Gasteiger partial charge in [-0.1, -0.05) is 12.1 Å². The predicted molar refractivity (Wildman–Crippen MR) is 55.9 cm³/mol. The summed E-state index contributed by atoms with van der Waals surface area (Å²) in [6.45, 7) is 0.906. The van der Waals surface area contributed by atoms with E-state index in [0.29, 0.717) is 5.52 Å². The van der Waals surface area contributed by atoms with Gasteiger partial charge in [0.2, 0.25) is 0 Å². The van der Waals surface area contributed by atoms with Crippen LogP contribution >= 0.6 is 0 Å². The second kappa shape index (κ2) is 3.80. The summed E-state index contributed by atoms with van der Waals surface area (Å²) in [5.74, 6) is -0.182. The van der Waals surface area contributed by atoms with Gasteiger partial charge >= 0.3 is 0 Å². The average Bonchev–Trinajstić information content (AvgIpc) is 2.60. The van der Waals surface area contributed by atoms with Crippen LogP contribution < -0.4 is 5.32 Å². The summed E-state index contributed by atoms with van der Waals surface area (Å²) < 4.78 is 13.3. The Kier molecular flexibility index (Phi) is 2.50. The fraction of sp³-hybridized carbons (Fsp3) is 0.273. The van der Waals surface area contributed by atoms with Gasteiger partial charge in [0.25, 0.3) is 0 Å². The van der Waals surface area contributed by atoms with Crippen LogP contribution in [0.5, 0.6) is 0 Å². The van der Waals surface area contributed by atoms with Crippen molar-refractivity contribution >= 4 is 10.9 Å². The summed E-state index contributed by atoms with van der Waals surface area (Å²) in [6, 6.07) is 5.16. The Morgan fingerprint density at radius 3 is 3.07 bits per heavy atom. The highest BCUT2D eigenvalue weighted by Crippen LogP contribution is 2.20. The Bertz CT molecular complexity index is 434. The van der Waals surface area contributed by atoms with Crippen LogP contribution in [0, 0.1) is 5.82 Å². The SMILES string of the molecule is CNCCc1c[nH]c2c(F)cccc12. The van der Waals surface area contributed by atoms with Crippen molar-refractivity contribution in [3.8, 4) is 0 Å². The lowest BCUT2D eigenvalue weighted by atomic mass is 10.1. The van der Waals surface area contributed by atoms with Crippen LogP contribution in [-0.2, 0) is 6.42 Å². The molecule has 0 radical (unpaired) electrons.